The molecule has 0 radical (unpaired) electrons. The number of aromatic nitrogens is 3. The molecule has 1 aliphatic rings. The monoisotopic (exact) mass is 370 g/mol. The van der Waals surface area contributed by atoms with Gasteiger partial charge < -0.3 is 10.5 Å². The average Bonchev–Trinajstić information content (AvgIpc) is 3.38. The Bertz CT molecular complexity index is 1100. The third-order valence-corrected chi connectivity index (χ3v) is 5.45. The van der Waals surface area contributed by atoms with E-state index < -0.39 is 0 Å². The van der Waals surface area contributed by atoms with Crippen LogP contribution in [-0.2, 0) is 0 Å². The highest BCUT2D eigenvalue weighted by Crippen LogP contribution is 2.38. The second kappa shape index (κ2) is 7.00. The number of pyridine rings is 1. The second-order valence-electron chi connectivity index (χ2n) is 7.28. The highest BCUT2D eigenvalue weighted by atomic mass is 16.5. The molecule has 0 unspecified atom stereocenters. The minimum absolute atomic E-state index is 0.506. The van der Waals surface area contributed by atoms with Gasteiger partial charge >= 0.3 is 0 Å². The first-order valence-corrected chi connectivity index (χ1v) is 9.76. The molecule has 5 nitrogen and oxygen atoms in total. The van der Waals surface area contributed by atoms with E-state index in [-0.39, 0.29) is 0 Å². The lowest BCUT2D eigenvalue weighted by Crippen LogP contribution is -2.01. The summed E-state index contributed by atoms with van der Waals surface area (Å²) in [6.07, 6.45) is 6.70. The van der Waals surface area contributed by atoms with E-state index in [2.05, 4.69) is 4.98 Å². The molecule has 2 aromatic carbocycles. The molecule has 140 valence electrons. The third-order valence-electron chi connectivity index (χ3n) is 5.45. The molecular weight excluding hydrogens is 348 g/mol. The van der Waals surface area contributed by atoms with Crippen molar-refractivity contribution in [3.8, 4) is 17.2 Å². The molecule has 0 atom stereocenters. The molecule has 2 aromatic heterocycles. The normalized spacial score (nSPS) is 14.6. The van der Waals surface area contributed by atoms with Gasteiger partial charge in [-0.3, -0.25) is 0 Å². The van der Waals surface area contributed by atoms with Crippen molar-refractivity contribution < 1.29 is 4.74 Å². The maximum atomic E-state index is 6.24. The lowest BCUT2D eigenvalue weighted by atomic mass is 10.0. The number of nitrogens with zero attached hydrogens (tertiary/aromatic N) is 3. The summed E-state index contributed by atoms with van der Waals surface area (Å²) < 4.78 is 7.83. The molecular formula is C23H22N4O. The van der Waals surface area contributed by atoms with Gasteiger partial charge in [0.25, 0.3) is 0 Å². The molecule has 28 heavy (non-hydrogen) atoms. The second-order valence-corrected chi connectivity index (χ2v) is 7.28. The van der Waals surface area contributed by atoms with Crippen LogP contribution in [0.25, 0.3) is 16.6 Å². The van der Waals surface area contributed by atoms with E-state index >= 15 is 0 Å². The fourth-order valence-electron chi connectivity index (χ4n) is 4.08. The van der Waals surface area contributed by atoms with Crippen molar-refractivity contribution in [2.45, 2.75) is 31.6 Å². The number of para-hydroxylation sites is 1. The molecule has 0 amide bonds. The standard InChI is InChI=1S/C23H22N4O/c24-23-22-20(14-15-25-23)21(16-6-4-5-7-16)26-27(22)17-10-12-19(13-11-17)28-18-8-2-1-3-9-18/h1-3,8-16H,4-7H2,(H2,24,25). The Labute approximate surface area is 163 Å². The summed E-state index contributed by atoms with van der Waals surface area (Å²) in [5, 5.41) is 6.09. The Morgan fingerprint density at radius 3 is 2.36 bits per heavy atom. The maximum Gasteiger partial charge on any atom is 0.150 e. The first kappa shape index (κ1) is 16.8. The van der Waals surface area contributed by atoms with Gasteiger partial charge in [-0.1, -0.05) is 31.0 Å². The number of nitrogens with two attached hydrogens (primary N) is 1. The van der Waals surface area contributed by atoms with Gasteiger partial charge in [0, 0.05) is 17.5 Å². The van der Waals surface area contributed by atoms with E-state index in [9.17, 15) is 0 Å². The van der Waals surface area contributed by atoms with Crippen LogP contribution < -0.4 is 10.5 Å². The third kappa shape index (κ3) is 2.99. The molecule has 1 saturated carbocycles. The number of fused-ring (bicyclic) bond motifs is 1. The first-order valence-electron chi connectivity index (χ1n) is 9.76. The van der Waals surface area contributed by atoms with Crippen LogP contribution in [0.2, 0.25) is 0 Å². The highest BCUT2D eigenvalue weighted by molar-refractivity contribution is 5.91. The SMILES string of the molecule is Nc1nccc2c(C3CCCC3)nn(-c3ccc(Oc4ccccc4)cc3)c12. The van der Waals surface area contributed by atoms with Crippen LogP contribution in [-0.4, -0.2) is 14.8 Å². The quantitative estimate of drug-likeness (QED) is 0.518. The Morgan fingerprint density at radius 2 is 1.61 bits per heavy atom. The van der Waals surface area contributed by atoms with E-state index in [1.54, 1.807) is 6.20 Å². The molecule has 0 spiro atoms. The summed E-state index contributed by atoms with van der Waals surface area (Å²) in [6, 6.07) is 19.7. The average molecular weight is 370 g/mol. The van der Waals surface area contributed by atoms with Gasteiger partial charge in [-0.15, -0.1) is 0 Å². The summed E-state index contributed by atoms with van der Waals surface area (Å²) in [6.45, 7) is 0. The van der Waals surface area contributed by atoms with Crippen LogP contribution in [0.3, 0.4) is 0 Å². The minimum Gasteiger partial charge on any atom is -0.457 e. The zero-order chi connectivity index (χ0) is 18.9. The summed E-state index contributed by atoms with van der Waals surface area (Å²) in [5.41, 5.74) is 9.23. The molecule has 0 saturated heterocycles. The molecule has 1 fully saturated rings. The van der Waals surface area contributed by atoms with Crippen molar-refractivity contribution >= 4 is 16.7 Å². The van der Waals surface area contributed by atoms with Gasteiger partial charge in [0.15, 0.2) is 0 Å². The fraction of sp³-hybridized carbons (Fsp3) is 0.217. The lowest BCUT2D eigenvalue weighted by molar-refractivity contribution is 0.482. The zero-order valence-corrected chi connectivity index (χ0v) is 15.6. The number of rotatable bonds is 4. The minimum atomic E-state index is 0.506. The summed E-state index contributed by atoms with van der Waals surface area (Å²) >= 11 is 0. The molecule has 5 rings (SSSR count). The number of benzene rings is 2. The van der Waals surface area contributed by atoms with E-state index in [1.807, 2.05) is 65.3 Å². The topological polar surface area (TPSA) is 66.0 Å². The Morgan fingerprint density at radius 1 is 0.893 bits per heavy atom. The Kier molecular flexibility index (Phi) is 4.20. The molecule has 2 heterocycles. The number of nitrogen functional groups attached to an aromatic ring is 1. The van der Waals surface area contributed by atoms with Gasteiger partial charge in [0.1, 0.15) is 22.8 Å². The molecule has 0 bridgehead atoms. The van der Waals surface area contributed by atoms with Gasteiger partial charge in [-0.2, -0.15) is 5.10 Å². The van der Waals surface area contributed by atoms with Gasteiger partial charge in [-0.05, 0) is 55.3 Å². The van der Waals surface area contributed by atoms with Crippen molar-refractivity contribution in [2.24, 2.45) is 0 Å². The number of anilines is 1. The predicted octanol–water partition coefficient (Wildman–Crippen LogP) is 5.45. The summed E-state index contributed by atoms with van der Waals surface area (Å²) in [7, 11) is 0. The van der Waals surface area contributed by atoms with E-state index in [0.29, 0.717) is 11.7 Å². The fourth-order valence-corrected chi connectivity index (χ4v) is 4.08. The summed E-state index contributed by atoms with van der Waals surface area (Å²) in [4.78, 5) is 4.30. The molecule has 5 heteroatoms. The number of ether oxygens (including phenoxy) is 1. The van der Waals surface area contributed by atoms with Crippen LogP contribution in [0.1, 0.15) is 37.3 Å². The van der Waals surface area contributed by atoms with Crippen LogP contribution >= 0.6 is 0 Å². The zero-order valence-electron chi connectivity index (χ0n) is 15.6. The highest BCUT2D eigenvalue weighted by Gasteiger charge is 2.24. The lowest BCUT2D eigenvalue weighted by Gasteiger charge is -2.08. The predicted molar refractivity (Wildman–Crippen MR) is 111 cm³/mol. The van der Waals surface area contributed by atoms with Crippen molar-refractivity contribution in [3.63, 3.8) is 0 Å². The number of hydrogen-bond donors (Lipinski definition) is 1. The molecule has 4 aromatic rings. The van der Waals surface area contributed by atoms with Crippen molar-refractivity contribution in [1.29, 1.82) is 0 Å². The van der Waals surface area contributed by atoms with Crippen LogP contribution in [0.4, 0.5) is 5.82 Å². The maximum absolute atomic E-state index is 6.24. The van der Waals surface area contributed by atoms with Gasteiger partial charge in [0.05, 0.1) is 11.4 Å². The van der Waals surface area contributed by atoms with Gasteiger partial charge in [-0.25, -0.2) is 9.67 Å². The van der Waals surface area contributed by atoms with E-state index in [1.165, 1.54) is 25.7 Å². The Hall–Kier alpha value is -3.34. The summed E-state index contributed by atoms with van der Waals surface area (Å²) in [5.74, 6) is 2.62. The first-order chi connectivity index (χ1) is 13.8. The smallest absolute Gasteiger partial charge is 0.150 e. The van der Waals surface area contributed by atoms with Crippen molar-refractivity contribution in [2.75, 3.05) is 5.73 Å². The molecule has 2 N–H and O–H groups in total. The van der Waals surface area contributed by atoms with Crippen molar-refractivity contribution in [1.82, 2.24) is 14.8 Å². The van der Waals surface area contributed by atoms with Gasteiger partial charge in [0.2, 0.25) is 0 Å². The Balaban J connectivity index is 1.53. The van der Waals surface area contributed by atoms with E-state index in [4.69, 9.17) is 15.6 Å². The largest absolute Gasteiger partial charge is 0.457 e. The van der Waals surface area contributed by atoms with Crippen LogP contribution in [0.5, 0.6) is 11.5 Å². The van der Waals surface area contributed by atoms with Crippen LogP contribution in [0.15, 0.2) is 66.9 Å². The number of hydrogen-bond acceptors (Lipinski definition) is 4. The van der Waals surface area contributed by atoms with Crippen molar-refractivity contribution in [3.05, 3.63) is 72.6 Å². The van der Waals surface area contributed by atoms with E-state index in [0.717, 1.165) is 33.8 Å². The van der Waals surface area contributed by atoms with Crippen LogP contribution in [0, 0.1) is 0 Å². The molecule has 1 aliphatic carbocycles. The molecule has 0 aliphatic heterocycles.